The van der Waals surface area contributed by atoms with Gasteiger partial charge in [0.15, 0.2) is 0 Å². The minimum atomic E-state index is 0.223. The average Bonchev–Trinajstić information content (AvgIpc) is 2.90. The molecule has 0 amide bonds. The van der Waals surface area contributed by atoms with E-state index in [2.05, 4.69) is 22.1 Å². The predicted octanol–water partition coefficient (Wildman–Crippen LogP) is 1.73. The fourth-order valence-corrected chi connectivity index (χ4v) is 3.14. The summed E-state index contributed by atoms with van der Waals surface area (Å²) in [6.07, 6.45) is 4.40. The molecule has 1 N–H and O–H groups in total. The first-order chi connectivity index (χ1) is 8.22. The number of oxazole rings is 1. The fourth-order valence-electron chi connectivity index (χ4n) is 3.14. The van der Waals surface area contributed by atoms with E-state index in [0.29, 0.717) is 6.04 Å². The van der Waals surface area contributed by atoms with E-state index >= 15 is 0 Å². The number of nitrogens with one attached hydrogen (secondary N) is 1. The Morgan fingerprint density at radius 2 is 2.29 bits per heavy atom. The van der Waals surface area contributed by atoms with Crippen LogP contribution in [0.15, 0.2) is 10.6 Å². The summed E-state index contributed by atoms with van der Waals surface area (Å²) in [5.41, 5.74) is 0. The van der Waals surface area contributed by atoms with Crippen LogP contribution in [-0.4, -0.2) is 35.6 Å². The molecule has 4 heteroatoms. The van der Waals surface area contributed by atoms with Crippen LogP contribution in [0, 0.1) is 12.8 Å². The molecule has 0 aromatic carbocycles. The summed E-state index contributed by atoms with van der Waals surface area (Å²) >= 11 is 0. The molecule has 2 fully saturated rings. The van der Waals surface area contributed by atoms with E-state index in [4.69, 9.17) is 4.42 Å². The average molecular weight is 235 g/mol. The standard InChI is InChI=1S/C13H21N3O/c1-9-7-14-13(17-9)10(2)15-12-4-6-16-5-3-11(12)8-16/h7,10-12,15H,3-6,8H2,1-2H3. The molecule has 4 nitrogen and oxygen atoms in total. The number of piperidine rings is 1. The van der Waals surface area contributed by atoms with Gasteiger partial charge >= 0.3 is 0 Å². The van der Waals surface area contributed by atoms with Crippen molar-refractivity contribution < 1.29 is 4.42 Å². The lowest BCUT2D eigenvalue weighted by Gasteiger charge is -2.32. The van der Waals surface area contributed by atoms with Gasteiger partial charge in [0.25, 0.3) is 0 Å². The van der Waals surface area contributed by atoms with Crippen LogP contribution in [0.2, 0.25) is 0 Å². The molecule has 2 bridgehead atoms. The molecule has 3 rings (SSSR count). The number of hydrogen-bond donors (Lipinski definition) is 1. The monoisotopic (exact) mass is 235 g/mol. The van der Waals surface area contributed by atoms with Gasteiger partial charge in [0.05, 0.1) is 12.2 Å². The van der Waals surface area contributed by atoms with Crippen molar-refractivity contribution in [1.82, 2.24) is 15.2 Å². The first kappa shape index (κ1) is 11.2. The zero-order chi connectivity index (χ0) is 11.8. The van der Waals surface area contributed by atoms with E-state index in [-0.39, 0.29) is 6.04 Å². The second-order valence-corrected chi connectivity index (χ2v) is 5.44. The molecule has 0 aliphatic carbocycles. The molecule has 2 aliphatic rings. The summed E-state index contributed by atoms with van der Waals surface area (Å²) < 4.78 is 5.58. The van der Waals surface area contributed by atoms with Crippen LogP contribution in [0.1, 0.15) is 37.5 Å². The van der Waals surface area contributed by atoms with Gasteiger partial charge in [-0.25, -0.2) is 4.98 Å². The van der Waals surface area contributed by atoms with Crippen LogP contribution < -0.4 is 5.32 Å². The molecule has 0 radical (unpaired) electrons. The quantitative estimate of drug-likeness (QED) is 0.866. The first-order valence-electron chi connectivity index (χ1n) is 6.63. The van der Waals surface area contributed by atoms with Crippen LogP contribution in [0.25, 0.3) is 0 Å². The van der Waals surface area contributed by atoms with E-state index in [1.807, 2.05) is 6.92 Å². The number of rotatable bonds is 3. The Morgan fingerprint density at radius 3 is 3.06 bits per heavy atom. The van der Waals surface area contributed by atoms with Crippen molar-refractivity contribution in [3.8, 4) is 0 Å². The Labute approximate surface area is 102 Å². The lowest BCUT2D eigenvalue weighted by Crippen LogP contribution is -2.44. The van der Waals surface area contributed by atoms with Crippen LogP contribution >= 0.6 is 0 Å². The highest BCUT2D eigenvalue weighted by atomic mass is 16.4. The number of nitrogens with zero attached hydrogens (tertiary/aromatic N) is 2. The number of aryl methyl sites for hydroxylation is 1. The fraction of sp³-hybridized carbons (Fsp3) is 0.769. The molecule has 4 unspecified atom stereocenters. The number of fused-ring (bicyclic) bond motifs is 2. The molecule has 2 saturated heterocycles. The molecule has 2 aliphatic heterocycles. The molecule has 1 aromatic rings. The van der Waals surface area contributed by atoms with Crippen LogP contribution in [-0.2, 0) is 0 Å². The minimum absolute atomic E-state index is 0.223. The predicted molar refractivity (Wildman–Crippen MR) is 65.7 cm³/mol. The zero-order valence-corrected chi connectivity index (χ0v) is 10.6. The second-order valence-electron chi connectivity index (χ2n) is 5.44. The van der Waals surface area contributed by atoms with Gasteiger partial charge in [-0.05, 0) is 45.7 Å². The maximum atomic E-state index is 5.58. The normalized spacial score (nSPS) is 33.9. The van der Waals surface area contributed by atoms with E-state index in [1.54, 1.807) is 6.20 Å². The molecular weight excluding hydrogens is 214 g/mol. The highest BCUT2D eigenvalue weighted by Crippen LogP contribution is 2.28. The summed E-state index contributed by atoms with van der Waals surface area (Å²) in [4.78, 5) is 6.88. The summed E-state index contributed by atoms with van der Waals surface area (Å²) in [7, 11) is 0. The van der Waals surface area contributed by atoms with Gasteiger partial charge in [-0.2, -0.15) is 0 Å². The minimum Gasteiger partial charge on any atom is -0.444 e. The van der Waals surface area contributed by atoms with Crippen molar-refractivity contribution in [2.24, 2.45) is 5.92 Å². The van der Waals surface area contributed by atoms with Crippen LogP contribution in [0.5, 0.6) is 0 Å². The van der Waals surface area contributed by atoms with E-state index in [0.717, 1.165) is 17.6 Å². The summed E-state index contributed by atoms with van der Waals surface area (Å²) in [6, 6.07) is 0.858. The van der Waals surface area contributed by atoms with Gasteiger partial charge in [0.2, 0.25) is 5.89 Å². The Kier molecular flexibility index (Phi) is 2.92. The summed E-state index contributed by atoms with van der Waals surface area (Å²) in [5.74, 6) is 2.54. The zero-order valence-electron chi connectivity index (χ0n) is 10.6. The van der Waals surface area contributed by atoms with Crippen molar-refractivity contribution in [2.45, 2.75) is 38.8 Å². The van der Waals surface area contributed by atoms with Gasteiger partial charge in [-0.15, -0.1) is 0 Å². The van der Waals surface area contributed by atoms with E-state index < -0.39 is 0 Å². The lowest BCUT2D eigenvalue weighted by molar-refractivity contribution is 0.206. The highest BCUT2D eigenvalue weighted by Gasteiger charge is 2.35. The van der Waals surface area contributed by atoms with Crippen LogP contribution in [0.4, 0.5) is 0 Å². The van der Waals surface area contributed by atoms with Crippen molar-refractivity contribution in [2.75, 3.05) is 19.6 Å². The molecule has 1 aromatic heterocycles. The third-order valence-electron chi connectivity index (χ3n) is 4.11. The molecule has 3 heterocycles. The SMILES string of the molecule is Cc1cnc(C(C)NC2CCN3CCC2C3)o1. The molecular formula is C13H21N3O. The third-order valence-corrected chi connectivity index (χ3v) is 4.11. The third kappa shape index (κ3) is 2.24. The maximum Gasteiger partial charge on any atom is 0.211 e. The molecule has 4 atom stereocenters. The van der Waals surface area contributed by atoms with Crippen molar-refractivity contribution in [3.05, 3.63) is 17.8 Å². The van der Waals surface area contributed by atoms with Crippen molar-refractivity contribution >= 4 is 0 Å². The van der Waals surface area contributed by atoms with Gasteiger partial charge in [-0.1, -0.05) is 0 Å². The molecule has 0 spiro atoms. The van der Waals surface area contributed by atoms with Gasteiger partial charge < -0.3 is 14.6 Å². The number of aromatic nitrogens is 1. The Balaban J connectivity index is 1.62. The maximum absolute atomic E-state index is 5.58. The largest absolute Gasteiger partial charge is 0.444 e. The van der Waals surface area contributed by atoms with Crippen molar-refractivity contribution in [1.29, 1.82) is 0 Å². The molecule has 94 valence electrons. The van der Waals surface area contributed by atoms with Gasteiger partial charge in [0, 0.05) is 12.6 Å². The molecule has 17 heavy (non-hydrogen) atoms. The van der Waals surface area contributed by atoms with Crippen molar-refractivity contribution in [3.63, 3.8) is 0 Å². The van der Waals surface area contributed by atoms with E-state index in [9.17, 15) is 0 Å². The topological polar surface area (TPSA) is 41.3 Å². The van der Waals surface area contributed by atoms with Gasteiger partial charge in [-0.3, -0.25) is 0 Å². The lowest BCUT2D eigenvalue weighted by atomic mass is 9.93. The Bertz CT molecular complexity index is 390. The first-order valence-corrected chi connectivity index (χ1v) is 6.63. The second kappa shape index (κ2) is 4.42. The van der Waals surface area contributed by atoms with E-state index in [1.165, 1.54) is 32.5 Å². The highest BCUT2D eigenvalue weighted by molar-refractivity contribution is 4.98. The smallest absolute Gasteiger partial charge is 0.211 e. The summed E-state index contributed by atoms with van der Waals surface area (Å²) in [5, 5.41) is 3.69. The van der Waals surface area contributed by atoms with Crippen LogP contribution in [0.3, 0.4) is 0 Å². The number of hydrogen-bond acceptors (Lipinski definition) is 4. The Hall–Kier alpha value is -0.870. The molecule has 0 saturated carbocycles. The summed E-state index contributed by atoms with van der Waals surface area (Å²) in [6.45, 7) is 7.89. The van der Waals surface area contributed by atoms with Gasteiger partial charge in [0.1, 0.15) is 5.76 Å². The Morgan fingerprint density at radius 1 is 1.47 bits per heavy atom.